The number of nitrogens with zero attached hydrogens (tertiary/aromatic N) is 1. The highest BCUT2D eigenvalue weighted by atomic mass is 16.7. The van der Waals surface area contributed by atoms with E-state index in [1.165, 1.54) is 0 Å². The van der Waals surface area contributed by atoms with Crippen molar-refractivity contribution in [2.45, 2.75) is 25.8 Å². The van der Waals surface area contributed by atoms with E-state index in [-0.39, 0.29) is 18.6 Å². The van der Waals surface area contributed by atoms with E-state index >= 15 is 0 Å². The minimum absolute atomic E-state index is 0.138. The topological polar surface area (TPSA) is 38.8 Å². The van der Waals surface area contributed by atoms with Gasteiger partial charge in [0.2, 0.25) is 12.7 Å². The largest absolute Gasteiger partial charge is 0.454 e. The van der Waals surface area contributed by atoms with Gasteiger partial charge in [-0.25, -0.2) is 0 Å². The fourth-order valence-corrected chi connectivity index (χ4v) is 2.72. The second-order valence-electron chi connectivity index (χ2n) is 5.36. The van der Waals surface area contributed by atoms with Gasteiger partial charge in [0.05, 0.1) is 0 Å². The number of carbonyl (C=O) groups excluding carboxylic acids is 1. The molecule has 0 bridgehead atoms. The van der Waals surface area contributed by atoms with Crippen LogP contribution in [0.15, 0.2) is 30.4 Å². The quantitative estimate of drug-likeness (QED) is 0.795. The highest BCUT2D eigenvalue weighted by molar-refractivity contribution is 5.79. The van der Waals surface area contributed by atoms with Gasteiger partial charge in [0.25, 0.3) is 0 Å². The van der Waals surface area contributed by atoms with Crippen molar-refractivity contribution >= 4 is 5.91 Å². The van der Waals surface area contributed by atoms with Crippen LogP contribution >= 0.6 is 0 Å². The first-order valence-corrected chi connectivity index (χ1v) is 7.02. The predicted octanol–water partition coefficient (Wildman–Crippen LogP) is 2.73. The molecule has 1 atom stereocenters. The smallest absolute Gasteiger partial charge is 0.231 e. The maximum atomic E-state index is 12.4. The van der Waals surface area contributed by atoms with Gasteiger partial charge in [-0.15, -0.1) is 0 Å². The zero-order valence-electron chi connectivity index (χ0n) is 11.7. The zero-order chi connectivity index (χ0) is 13.9. The van der Waals surface area contributed by atoms with Gasteiger partial charge in [0.1, 0.15) is 0 Å². The van der Waals surface area contributed by atoms with Crippen LogP contribution in [0.25, 0.3) is 0 Å². The minimum atomic E-state index is 0.138. The Morgan fingerprint density at radius 2 is 2.15 bits per heavy atom. The summed E-state index contributed by atoms with van der Waals surface area (Å²) >= 11 is 0. The number of carbonyl (C=O) groups is 1. The summed E-state index contributed by atoms with van der Waals surface area (Å²) in [5, 5.41) is 0. The van der Waals surface area contributed by atoms with Gasteiger partial charge < -0.3 is 14.4 Å². The summed E-state index contributed by atoms with van der Waals surface area (Å²) in [5.41, 5.74) is 1.07. The normalized spacial score (nSPS) is 19.9. The Balaban J connectivity index is 1.64. The fourth-order valence-electron chi connectivity index (χ4n) is 2.72. The molecule has 1 unspecified atom stereocenters. The van der Waals surface area contributed by atoms with Crippen LogP contribution in [0.4, 0.5) is 0 Å². The van der Waals surface area contributed by atoms with Crippen molar-refractivity contribution in [2.24, 2.45) is 5.92 Å². The molecule has 0 saturated carbocycles. The number of amides is 1. The van der Waals surface area contributed by atoms with Gasteiger partial charge >= 0.3 is 0 Å². The standard InChI is InChI=1S/C16H19NO3/c1-17(16(18)13-5-3-2-4-6-13)10-12-7-8-14-15(9-12)20-11-19-14/h2-3,7-9,13H,4-6,10-11H2,1H3. The first-order valence-electron chi connectivity index (χ1n) is 7.02. The molecular weight excluding hydrogens is 254 g/mol. The number of hydrogen-bond acceptors (Lipinski definition) is 3. The maximum Gasteiger partial charge on any atom is 0.231 e. The highest BCUT2D eigenvalue weighted by Gasteiger charge is 2.22. The summed E-state index contributed by atoms with van der Waals surface area (Å²) in [6, 6.07) is 5.84. The van der Waals surface area contributed by atoms with E-state index < -0.39 is 0 Å². The SMILES string of the molecule is CN(Cc1ccc2c(c1)OCO2)C(=O)C1CC=CCC1. The first-order chi connectivity index (χ1) is 9.74. The van der Waals surface area contributed by atoms with E-state index in [1.807, 2.05) is 25.2 Å². The lowest BCUT2D eigenvalue weighted by atomic mass is 9.93. The van der Waals surface area contributed by atoms with Gasteiger partial charge in [0.15, 0.2) is 11.5 Å². The number of hydrogen-bond donors (Lipinski definition) is 0. The van der Waals surface area contributed by atoms with Crippen molar-refractivity contribution in [1.29, 1.82) is 0 Å². The number of allylic oxidation sites excluding steroid dienone is 2. The van der Waals surface area contributed by atoms with E-state index in [9.17, 15) is 4.79 Å². The Labute approximate surface area is 119 Å². The number of ether oxygens (including phenoxy) is 2. The molecule has 0 radical (unpaired) electrons. The third kappa shape index (κ3) is 2.64. The molecule has 1 aliphatic carbocycles. The molecule has 3 rings (SSSR count). The maximum absolute atomic E-state index is 12.4. The van der Waals surface area contributed by atoms with E-state index in [0.29, 0.717) is 6.54 Å². The molecule has 1 aromatic carbocycles. The Bertz CT molecular complexity index is 539. The number of rotatable bonds is 3. The lowest BCUT2D eigenvalue weighted by Gasteiger charge is -2.24. The summed E-state index contributed by atoms with van der Waals surface area (Å²) in [6.07, 6.45) is 7.10. The summed E-state index contributed by atoms with van der Waals surface area (Å²) in [6.45, 7) is 0.887. The molecule has 106 valence electrons. The molecule has 4 heteroatoms. The Morgan fingerprint density at radius 1 is 1.30 bits per heavy atom. The second-order valence-corrected chi connectivity index (χ2v) is 5.36. The van der Waals surface area contributed by atoms with Crippen molar-refractivity contribution in [3.05, 3.63) is 35.9 Å². The van der Waals surface area contributed by atoms with Crippen LogP contribution in [-0.4, -0.2) is 24.6 Å². The van der Waals surface area contributed by atoms with E-state index in [1.54, 1.807) is 4.90 Å². The van der Waals surface area contributed by atoms with Crippen molar-refractivity contribution in [3.8, 4) is 11.5 Å². The number of fused-ring (bicyclic) bond motifs is 1. The lowest BCUT2D eigenvalue weighted by molar-refractivity contribution is -0.135. The Morgan fingerprint density at radius 3 is 2.95 bits per heavy atom. The van der Waals surface area contributed by atoms with Gasteiger partial charge in [-0.05, 0) is 37.0 Å². The van der Waals surface area contributed by atoms with Crippen LogP contribution in [0.2, 0.25) is 0 Å². The summed E-state index contributed by atoms with van der Waals surface area (Å²) < 4.78 is 10.7. The molecule has 1 amide bonds. The molecule has 2 aliphatic rings. The summed E-state index contributed by atoms with van der Waals surface area (Å²) in [5.74, 6) is 1.91. The second kappa shape index (κ2) is 5.57. The molecule has 1 heterocycles. The third-order valence-electron chi connectivity index (χ3n) is 3.85. The van der Waals surface area contributed by atoms with Gasteiger partial charge in [-0.3, -0.25) is 4.79 Å². The highest BCUT2D eigenvalue weighted by Crippen LogP contribution is 2.33. The van der Waals surface area contributed by atoms with Crippen molar-refractivity contribution in [3.63, 3.8) is 0 Å². The van der Waals surface area contributed by atoms with Gasteiger partial charge in [-0.2, -0.15) is 0 Å². The lowest BCUT2D eigenvalue weighted by Crippen LogP contribution is -2.32. The van der Waals surface area contributed by atoms with Crippen LogP contribution in [0.1, 0.15) is 24.8 Å². The Hall–Kier alpha value is -1.97. The van der Waals surface area contributed by atoms with Crippen molar-refractivity contribution in [1.82, 2.24) is 4.90 Å². The van der Waals surface area contributed by atoms with Crippen LogP contribution in [0, 0.1) is 5.92 Å². The van der Waals surface area contributed by atoms with Gasteiger partial charge in [0, 0.05) is 19.5 Å². The average molecular weight is 273 g/mol. The van der Waals surface area contributed by atoms with Crippen molar-refractivity contribution < 1.29 is 14.3 Å². The van der Waals surface area contributed by atoms with E-state index in [0.717, 1.165) is 36.3 Å². The van der Waals surface area contributed by atoms with Crippen LogP contribution < -0.4 is 9.47 Å². The minimum Gasteiger partial charge on any atom is -0.454 e. The van der Waals surface area contributed by atoms with Crippen LogP contribution in [-0.2, 0) is 11.3 Å². The molecule has 1 aromatic rings. The first kappa shape index (κ1) is 13.0. The molecule has 0 fully saturated rings. The molecule has 0 spiro atoms. The summed E-state index contributed by atoms with van der Waals surface area (Å²) in [7, 11) is 1.87. The molecular formula is C16H19NO3. The monoisotopic (exact) mass is 273 g/mol. The molecule has 0 aromatic heterocycles. The van der Waals surface area contributed by atoms with E-state index in [2.05, 4.69) is 12.2 Å². The fraction of sp³-hybridized carbons (Fsp3) is 0.438. The molecule has 1 aliphatic heterocycles. The predicted molar refractivity (Wildman–Crippen MR) is 75.5 cm³/mol. The van der Waals surface area contributed by atoms with Crippen LogP contribution in [0.3, 0.4) is 0 Å². The third-order valence-corrected chi connectivity index (χ3v) is 3.85. The zero-order valence-corrected chi connectivity index (χ0v) is 11.7. The molecule has 0 saturated heterocycles. The van der Waals surface area contributed by atoms with Crippen LogP contribution in [0.5, 0.6) is 11.5 Å². The summed E-state index contributed by atoms with van der Waals surface area (Å²) in [4.78, 5) is 14.2. The molecule has 20 heavy (non-hydrogen) atoms. The van der Waals surface area contributed by atoms with E-state index in [4.69, 9.17) is 9.47 Å². The molecule has 4 nitrogen and oxygen atoms in total. The Kier molecular flexibility index (Phi) is 3.63. The average Bonchev–Trinajstić information content (AvgIpc) is 2.95. The number of benzene rings is 1. The van der Waals surface area contributed by atoms with Crippen molar-refractivity contribution in [2.75, 3.05) is 13.8 Å². The van der Waals surface area contributed by atoms with Gasteiger partial charge in [-0.1, -0.05) is 18.2 Å². The molecule has 0 N–H and O–H groups in total.